The first-order valence-corrected chi connectivity index (χ1v) is 5.70. The summed E-state index contributed by atoms with van der Waals surface area (Å²) in [6, 6.07) is 8.68. The van der Waals surface area contributed by atoms with Crippen molar-refractivity contribution in [3.8, 4) is 0 Å². The molecule has 0 aliphatic carbocycles. The third-order valence-corrected chi connectivity index (χ3v) is 2.81. The fourth-order valence-electron chi connectivity index (χ4n) is 1.56. The Hall–Kier alpha value is -2.27. The Kier molecular flexibility index (Phi) is 3.57. The van der Waals surface area contributed by atoms with E-state index in [1.54, 1.807) is 6.07 Å². The van der Waals surface area contributed by atoms with Crippen molar-refractivity contribution in [2.45, 2.75) is 0 Å². The summed E-state index contributed by atoms with van der Waals surface area (Å²) in [6.45, 7) is 0. The SMILES string of the molecule is Nc1cc(C(=O)O)ccc1Nc1cccc(Cl)c1F. The van der Waals surface area contributed by atoms with Gasteiger partial charge in [0.15, 0.2) is 5.82 Å². The van der Waals surface area contributed by atoms with E-state index in [2.05, 4.69) is 5.32 Å². The van der Waals surface area contributed by atoms with Gasteiger partial charge in [0.2, 0.25) is 0 Å². The number of hydrogen-bond acceptors (Lipinski definition) is 3. The second-order valence-electron chi connectivity index (χ2n) is 3.83. The van der Waals surface area contributed by atoms with Crippen LogP contribution in [0.1, 0.15) is 10.4 Å². The van der Waals surface area contributed by atoms with Crippen LogP contribution in [-0.2, 0) is 0 Å². The first kappa shape index (κ1) is 13.2. The number of carboxylic acid groups (broad SMARTS) is 1. The van der Waals surface area contributed by atoms with Crippen LogP contribution in [0.25, 0.3) is 0 Å². The molecular formula is C13H10ClFN2O2. The summed E-state index contributed by atoms with van der Waals surface area (Å²) in [7, 11) is 0. The van der Waals surface area contributed by atoms with Crippen LogP contribution in [0.3, 0.4) is 0 Å². The molecule has 98 valence electrons. The van der Waals surface area contributed by atoms with Crippen molar-refractivity contribution < 1.29 is 14.3 Å². The predicted octanol–water partition coefficient (Wildman–Crippen LogP) is 3.50. The molecule has 0 heterocycles. The quantitative estimate of drug-likeness (QED) is 0.752. The second-order valence-corrected chi connectivity index (χ2v) is 4.24. The Labute approximate surface area is 113 Å². The number of anilines is 3. The molecule has 4 nitrogen and oxygen atoms in total. The molecule has 0 atom stereocenters. The number of nitrogen functional groups attached to an aromatic ring is 1. The summed E-state index contributed by atoms with van der Waals surface area (Å²) < 4.78 is 13.7. The van der Waals surface area contributed by atoms with Gasteiger partial charge in [-0.2, -0.15) is 0 Å². The summed E-state index contributed by atoms with van der Waals surface area (Å²) in [5.41, 5.74) is 6.56. The van der Waals surface area contributed by atoms with Crippen molar-refractivity contribution in [3.05, 3.63) is 52.8 Å². The van der Waals surface area contributed by atoms with Crippen molar-refractivity contribution >= 4 is 34.6 Å². The molecule has 0 spiro atoms. The van der Waals surface area contributed by atoms with E-state index in [1.807, 2.05) is 0 Å². The average Bonchev–Trinajstić information content (AvgIpc) is 2.37. The van der Waals surface area contributed by atoms with Crippen LogP contribution in [0.5, 0.6) is 0 Å². The molecule has 0 aliphatic rings. The average molecular weight is 281 g/mol. The zero-order chi connectivity index (χ0) is 14.0. The molecule has 6 heteroatoms. The molecule has 0 amide bonds. The number of carboxylic acids is 1. The van der Waals surface area contributed by atoms with E-state index in [9.17, 15) is 9.18 Å². The normalized spacial score (nSPS) is 10.2. The Balaban J connectivity index is 2.34. The number of benzene rings is 2. The van der Waals surface area contributed by atoms with Gasteiger partial charge in [0.1, 0.15) is 0 Å². The molecule has 2 aromatic rings. The highest BCUT2D eigenvalue weighted by atomic mass is 35.5. The van der Waals surface area contributed by atoms with Gasteiger partial charge in [-0.1, -0.05) is 17.7 Å². The van der Waals surface area contributed by atoms with Crippen molar-refractivity contribution in [3.63, 3.8) is 0 Å². The van der Waals surface area contributed by atoms with Crippen LogP contribution >= 0.6 is 11.6 Å². The lowest BCUT2D eigenvalue weighted by Gasteiger charge is -2.11. The maximum absolute atomic E-state index is 13.7. The van der Waals surface area contributed by atoms with Crippen molar-refractivity contribution in [1.29, 1.82) is 0 Å². The monoisotopic (exact) mass is 280 g/mol. The Morgan fingerprint density at radius 1 is 1.26 bits per heavy atom. The molecule has 0 aromatic heterocycles. The van der Waals surface area contributed by atoms with Gasteiger partial charge >= 0.3 is 5.97 Å². The highest BCUT2D eigenvalue weighted by Gasteiger charge is 2.10. The summed E-state index contributed by atoms with van der Waals surface area (Å²) in [5.74, 6) is -1.67. The molecule has 19 heavy (non-hydrogen) atoms. The number of carbonyl (C=O) groups is 1. The maximum Gasteiger partial charge on any atom is 0.335 e. The summed E-state index contributed by atoms with van der Waals surface area (Å²) in [5, 5.41) is 11.6. The van der Waals surface area contributed by atoms with E-state index in [-0.39, 0.29) is 22.0 Å². The third kappa shape index (κ3) is 2.77. The van der Waals surface area contributed by atoms with E-state index in [1.165, 1.54) is 30.3 Å². The smallest absolute Gasteiger partial charge is 0.335 e. The maximum atomic E-state index is 13.7. The van der Waals surface area contributed by atoms with Gasteiger partial charge in [-0.05, 0) is 30.3 Å². The second kappa shape index (κ2) is 5.16. The Bertz CT molecular complexity index is 647. The minimum Gasteiger partial charge on any atom is -0.478 e. The highest BCUT2D eigenvalue weighted by molar-refractivity contribution is 6.31. The number of aromatic carboxylic acids is 1. The number of halogens is 2. The molecule has 2 aromatic carbocycles. The van der Waals surface area contributed by atoms with E-state index in [0.717, 1.165) is 0 Å². The van der Waals surface area contributed by atoms with Crippen LogP contribution < -0.4 is 11.1 Å². The lowest BCUT2D eigenvalue weighted by molar-refractivity contribution is 0.0697. The fraction of sp³-hybridized carbons (Fsp3) is 0. The third-order valence-electron chi connectivity index (χ3n) is 2.52. The van der Waals surface area contributed by atoms with Crippen molar-refractivity contribution in [1.82, 2.24) is 0 Å². The van der Waals surface area contributed by atoms with E-state index >= 15 is 0 Å². The molecule has 2 rings (SSSR count). The standard InChI is InChI=1S/C13H10ClFN2O2/c14-8-2-1-3-11(12(8)15)17-10-5-4-7(13(18)19)6-9(10)16/h1-6,17H,16H2,(H,18,19). The van der Waals surface area contributed by atoms with E-state index < -0.39 is 11.8 Å². The van der Waals surface area contributed by atoms with Gasteiger partial charge in [0, 0.05) is 0 Å². The first-order chi connectivity index (χ1) is 8.99. The molecule has 4 N–H and O–H groups in total. The van der Waals surface area contributed by atoms with Crippen molar-refractivity contribution in [2.24, 2.45) is 0 Å². The van der Waals surface area contributed by atoms with E-state index in [4.69, 9.17) is 22.4 Å². The lowest BCUT2D eigenvalue weighted by atomic mass is 10.1. The van der Waals surface area contributed by atoms with Crippen LogP contribution in [0.15, 0.2) is 36.4 Å². The first-order valence-electron chi connectivity index (χ1n) is 5.33. The van der Waals surface area contributed by atoms with E-state index in [0.29, 0.717) is 5.69 Å². The highest BCUT2D eigenvalue weighted by Crippen LogP contribution is 2.28. The largest absolute Gasteiger partial charge is 0.478 e. The minimum atomic E-state index is -1.08. The fourth-order valence-corrected chi connectivity index (χ4v) is 1.73. The minimum absolute atomic E-state index is 0.00859. The zero-order valence-corrected chi connectivity index (χ0v) is 10.4. The van der Waals surface area contributed by atoms with Gasteiger partial charge in [0.25, 0.3) is 0 Å². The van der Waals surface area contributed by atoms with Gasteiger partial charge in [-0.25, -0.2) is 9.18 Å². The van der Waals surface area contributed by atoms with Gasteiger partial charge in [-0.3, -0.25) is 0 Å². The summed E-state index contributed by atoms with van der Waals surface area (Å²) >= 11 is 5.66. The topological polar surface area (TPSA) is 75.4 Å². The molecule has 0 fully saturated rings. The van der Waals surface area contributed by atoms with Gasteiger partial charge in [0.05, 0.1) is 27.6 Å². The molecule has 0 saturated carbocycles. The molecule has 0 saturated heterocycles. The van der Waals surface area contributed by atoms with Crippen LogP contribution in [-0.4, -0.2) is 11.1 Å². The van der Waals surface area contributed by atoms with Gasteiger partial charge < -0.3 is 16.2 Å². The predicted molar refractivity (Wildman–Crippen MR) is 72.5 cm³/mol. The molecule has 0 unspecified atom stereocenters. The Morgan fingerprint density at radius 2 is 2.00 bits per heavy atom. The van der Waals surface area contributed by atoms with Gasteiger partial charge in [-0.15, -0.1) is 0 Å². The lowest BCUT2D eigenvalue weighted by Crippen LogP contribution is -2.02. The number of nitrogens with one attached hydrogen (secondary N) is 1. The summed E-state index contributed by atoms with van der Waals surface area (Å²) in [4.78, 5) is 10.8. The Morgan fingerprint density at radius 3 is 2.63 bits per heavy atom. The number of nitrogens with two attached hydrogens (primary N) is 1. The number of rotatable bonds is 3. The summed E-state index contributed by atoms with van der Waals surface area (Å²) in [6.07, 6.45) is 0. The zero-order valence-electron chi connectivity index (χ0n) is 9.65. The van der Waals surface area contributed by atoms with Crippen molar-refractivity contribution in [2.75, 3.05) is 11.1 Å². The molecule has 0 aliphatic heterocycles. The van der Waals surface area contributed by atoms with Crippen LogP contribution in [0, 0.1) is 5.82 Å². The van der Waals surface area contributed by atoms with Crippen LogP contribution in [0.2, 0.25) is 5.02 Å². The molecule has 0 bridgehead atoms. The molecular weight excluding hydrogens is 271 g/mol. The molecule has 0 radical (unpaired) electrons. The number of hydrogen-bond donors (Lipinski definition) is 3. The van der Waals surface area contributed by atoms with Crippen LogP contribution in [0.4, 0.5) is 21.5 Å².